The van der Waals surface area contributed by atoms with E-state index in [4.69, 9.17) is 4.42 Å². The summed E-state index contributed by atoms with van der Waals surface area (Å²) in [6.45, 7) is 0.427. The second-order valence-electron chi connectivity index (χ2n) is 4.27. The predicted octanol–water partition coefficient (Wildman–Crippen LogP) is 2.04. The van der Waals surface area contributed by atoms with Gasteiger partial charge < -0.3 is 19.8 Å². The maximum absolute atomic E-state index is 11.4. The van der Waals surface area contributed by atoms with Gasteiger partial charge in [-0.25, -0.2) is 4.79 Å². The van der Waals surface area contributed by atoms with Gasteiger partial charge >= 0.3 is 5.97 Å². The summed E-state index contributed by atoms with van der Waals surface area (Å²) in [5, 5.41) is 5.70. The Morgan fingerprint density at radius 2 is 1.86 bits per heavy atom. The molecular formula is C15H16N2O4. The van der Waals surface area contributed by atoms with Crippen molar-refractivity contribution in [3.8, 4) is 0 Å². The maximum atomic E-state index is 11.4. The van der Waals surface area contributed by atoms with Gasteiger partial charge in [-0.3, -0.25) is 4.79 Å². The smallest absolute Gasteiger partial charge is 0.373 e. The van der Waals surface area contributed by atoms with E-state index >= 15 is 0 Å². The van der Waals surface area contributed by atoms with Crippen molar-refractivity contribution in [2.45, 2.75) is 6.54 Å². The van der Waals surface area contributed by atoms with Crippen LogP contribution in [0.15, 0.2) is 40.8 Å². The van der Waals surface area contributed by atoms with Crippen LogP contribution in [0.2, 0.25) is 0 Å². The quantitative estimate of drug-likeness (QED) is 0.823. The van der Waals surface area contributed by atoms with Crippen molar-refractivity contribution in [3.05, 3.63) is 53.5 Å². The first-order chi connectivity index (χ1) is 10.1. The number of benzene rings is 1. The summed E-state index contributed by atoms with van der Waals surface area (Å²) in [5.74, 6) is 0.154. The summed E-state index contributed by atoms with van der Waals surface area (Å²) in [6, 6.07) is 10.3. The van der Waals surface area contributed by atoms with Crippen LogP contribution in [0.1, 0.15) is 26.7 Å². The minimum atomic E-state index is -0.504. The molecule has 2 rings (SSSR count). The van der Waals surface area contributed by atoms with Crippen LogP contribution in [0.4, 0.5) is 5.69 Å². The van der Waals surface area contributed by atoms with Gasteiger partial charge in [-0.1, -0.05) is 0 Å². The average Bonchev–Trinajstić information content (AvgIpc) is 3.01. The SMILES string of the molecule is CNC(=O)c1ccc(NCc2ccc(C(=O)OC)o2)cc1. The number of ether oxygens (including phenoxy) is 1. The molecule has 0 saturated heterocycles. The van der Waals surface area contributed by atoms with E-state index in [1.54, 1.807) is 43.4 Å². The van der Waals surface area contributed by atoms with Crippen LogP contribution in [0.3, 0.4) is 0 Å². The topological polar surface area (TPSA) is 80.6 Å². The Morgan fingerprint density at radius 3 is 2.48 bits per heavy atom. The number of furan rings is 1. The van der Waals surface area contributed by atoms with E-state index in [0.29, 0.717) is 17.9 Å². The third kappa shape index (κ3) is 3.62. The van der Waals surface area contributed by atoms with Crippen molar-refractivity contribution >= 4 is 17.6 Å². The molecule has 2 N–H and O–H groups in total. The Morgan fingerprint density at radius 1 is 1.14 bits per heavy atom. The predicted molar refractivity (Wildman–Crippen MR) is 77.2 cm³/mol. The molecule has 0 atom stereocenters. The van der Waals surface area contributed by atoms with Crippen molar-refractivity contribution in [2.24, 2.45) is 0 Å². The highest BCUT2D eigenvalue weighted by molar-refractivity contribution is 5.94. The number of esters is 1. The molecule has 0 aliphatic rings. The highest BCUT2D eigenvalue weighted by atomic mass is 16.5. The molecule has 0 radical (unpaired) electrons. The lowest BCUT2D eigenvalue weighted by atomic mass is 10.2. The lowest BCUT2D eigenvalue weighted by molar-refractivity contribution is 0.0563. The van der Waals surface area contributed by atoms with Gasteiger partial charge in [0.15, 0.2) is 0 Å². The highest BCUT2D eigenvalue weighted by Gasteiger charge is 2.10. The van der Waals surface area contributed by atoms with Crippen molar-refractivity contribution in [3.63, 3.8) is 0 Å². The summed E-state index contributed by atoms with van der Waals surface area (Å²) in [7, 11) is 2.89. The Labute approximate surface area is 122 Å². The Balaban J connectivity index is 1.95. The fraction of sp³-hybridized carbons (Fsp3) is 0.200. The number of carbonyl (C=O) groups is 2. The van der Waals surface area contributed by atoms with Crippen LogP contribution in [-0.2, 0) is 11.3 Å². The van der Waals surface area contributed by atoms with Crippen LogP contribution in [0.25, 0.3) is 0 Å². The number of hydrogen-bond acceptors (Lipinski definition) is 5. The first kappa shape index (κ1) is 14.6. The lowest BCUT2D eigenvalue weighted by Crippen LogP contribution is -2.17. The molecule has 2 aromatic rings. The summed E-state index contributed by atoms with van der Waals surface area (Å²) in [5.41, 5.74) is 1.44. The standard InChI is InChI=1S/C15H16N2O4/c1-16-14(18)10-3-5-11(6-4-10)17-9-12-7-8-13(21-12)15(19)20-2/h3-8,17H,9H2,1-2H3,(H,16,18). The van der Waals surface area contributed by atoms with Gasteiger partial charge in [0.1, 0.15) is 5.76 Å². The van der Waals surface area contributed by atoms with Crippen LogP contribution in [-0.4, -0.2) is 26.0 Å². The Bertz CT molecular complexity index is 631. The van der Waals surface area contributed by atoms with E-state index in [-0.39, 0.29) is 11.7 Å². The zero-order chi connectivity index (χ0) is 15.2. The number of hydrogen-bond donors (Lipinski definition) is 2. The number of amides is 1. The first-order valence-corrected chi connectivity index (χ1v) is 6.37. The van der Waals surface area contributed by atoms with Gasteiger partial charge in [0, 0.05) is 18.3 Å². The molecule has 1 aromatic carbocycles. The molecule has 21 heavy (non-hydrogen) atoms. The van der Waals surface area contributed by atoms with Gasteiger partial charge in [-0.05, 0) is 36.4 Å². The van der Waals surface area contributed by atoms with Crippen LogP contribution >= 0.6 is 0 Å². The minimum absolute atomic E-state index is 0.129. The van der Waals surface area contributed by atoms with E-state index in [0.717, 1.165) is 5.69 Å². The fourth-order valence-electron chi connectivity index (χ4n) is 1.76. The maximum Gasteiger partial charge on any atom is 0.373 e. The third-order valence-corrected chi connectivity index (χ3v) is 2.89. The summed E-state index contributed by atoms with van der Waals surface area (Å²) < 4.78 is 9.90. The highest BCUT2D eigenvalue weighted by Crippen LogP contribution is 2.13. The zero-order valence-electron chi connectivity index (χ0n) is 11.8. The number of carbonyl (C=O) groups excluding carboxylic acids is 2. The molecular weight excluding hydrogens is 272 g/mol. The van der Waals surface area contributed by atoms with Crippen LogP contribution in [0, 0.1) is 0 Å². The van der Waals surface area contributed by atoms with Gasteiger partial charge in [0.25, 0.3) is 5.91 Å². The molecule has 0 unspecified atom stereocenters. The minimum Gasteiger partial charge on any atom is -0.463 e. The van der Waals surface area contributed by atoms with Crippen molar-refractivity contribution in [2.75, 3.05) is 19.5 Å². The summed E-state index contributed by atoms with van der Waals surface area (Å²) >= 11 is 0. The van der Waals surface area contributed by atoms with E-state index < -0.39 is 5.97 Å². The van der Waals surface area contributed by atoms with E-state index in [1.165, 1.54) is 7.11 Å². The summed E-state index contributed by atoms with van der Waals surface area (Å²) in [6.07, 6.45) is 0. The molecule has 0 aliphatic heterocycles. The largest absolute Gasteiger partial charge is 0.463 e. The van der Waals surface area contributed by atoms with Gasteiger partial charge in [-0.15, -0.1) is 0 Å². The van der Waals surface area contributed by atoms with E-state index in [2.05, 4.69) is 15.4 Å². The lowest BCUT2D eigenvalue weighted by Gasteiger charge is -2.05. The first-order valence-electron chi connectivity index (χ1n) is 6.37. The molecule has 0 bridgehead atoms. The molecule has 1 heterocycles. The normalized spacial score (nSPS) is 10.0. The van der Waals surface area contributed by atoms with Crippen LogP contribution < -0.4 is 10.6 Å². The van der Waals surface area contributed by atoms with Gasteiger partial charge in [-0.2, -0.15) is 0 Å². The van der Waals surface area contributed by atoms with Crippen molar-refractivity contribution < 1.29 is 18.7 Å². The molecule has 110 valence electrons. The zero-order valence-corrected chi connectivity index (χ0v) is 11.8. The molecule has 0 aliphatic carbocycles. The van der Waals surface area contributed by atoms with E-state index in [9.17, 15) is 9.59 Å². The molecule has 0 saturated carbocycles. The van der Waals surface area contributed by atoms with Crippen molar-refractivity contribution in [1.82, 2.24) is 5.32 Å². The molecule has 6 heteroatoms. The van der Waals surface area contributed by atoms with Gasteiger partial charge in [0.05, 0.1) is 13.7 Å². The molecule has 1 amide bonds. The second kappa shape index (κ2) is 6.60. The number of nitrogens with one attached hydrogen (secondary N) is 2. The van der Waals surface area contributed by atoms with Crippen molar-refractivity contribution in [1.29, 1.82) is 0 Å². The second-order valence-corrected chi connectivity index (χ2v) is 4.27. The fourth-order valence-corrected chi connectivity index (χ4v) is 1.76. The average molecular weight is 288 g/mol. The summed E-state index contributed by atoms with van der Waals surface area (Å²) in [4.78, 5) is 22.7. The number of methoxy groups -OCH3 is 1. The molecule has 0 spiro atoms. The Hall–Kier alpha value is -2.76. The molecule has 0 fully saturated rings. The third-order valence-electron chi connectivity index (χ3n) is 2.89. The Kier molecular flexibility index (Phi) is 4.61. The number of rotatable bonds is 5. The van der Waals surface area contributed by atoms with E-state index in [1.807, 2.05) is 0 Å². The molecule has 1 aromatic heterocycles. The monoisotopic (exact) mass is 288 g/mol. The van der Waals surface area contributed by atoms with Crippen LogP contribution in [0.5, 0.6) is 0 Å². The molecule has 6 nitrogen and oxygen atoms in total. The van der Waals surface area contributed by atoms with Gasteiger partial charge in [0.2, 0.25) is 5.76 Å². The number of anilines is 1.